The van der Waals surface area contributed by atoms with Crippen molar-refractivity contribution in [3.05, 3.63) is 125 Å². The Bertz CT molecular complexity index is 2300. The molecule has 1 aliphatic heterocycles. The first-order valence-electron chi connectivity index (χ1n) is 21.6. The van der Waals surface area contributed by atoms with Crippen LogP contribution in [-0.4, -0.2) is 13.4 Å². The monoisotopic (exact) mass is 574 g/mol. The molecule has 1 aromatic heterocycles. The highest BCUT2D eigenvalue weighted by Crippen LogP contribution is 2.25. The van der Waals surface area contributed by atoms with Crippen molar-refractivity contribution in [1.82, 2.24) is 0 Å². The summed E-state index contributed by atoms with van der Waals surface area (Å²) >= 11 is 0. The highest BCUT2D eigenvalue weighted by molar-refractivity contribution is 7.11. The highest BCUT2D eigenvalue weighted by Gasteiger charge is 2.42. The van der Waals surface area contributed by atoms with Gasteiger partial charge in [0.15, 0.2) is 6.20 Å². The lowest BCUT2D eigenvalue weighted by molar-refractivity contribution is -0.660. The lowest BCUT2D eigenvalue weighted by atomic mass is 9.20. The van der Waals surface area contributed by atoms with Crippen molar-refractivity contribution in [2.75, 3.05) is 0 Å². The van der Waals surface area contributed by atoms with E-state index in [0.717, 1.165) is 0 Å². The second kappa shape index (κ2) is 11.0. The molecule has 0 aliphatic carbocycles. The van der Waals surface area contributed by atoms with Crippen LogP contribution in [-0.2, 0) is 13.4 Å². The van der Waals surface area contributed by atoms with E-state index in [0.29, 0.717) is 44.2 Å². The zero-order chi connectivity index (χ0) is 42.4. The van der Waals surface area contributed by atoms with Gasteiger partial charge in [-0.15, -0.1) is 0 Å². The van der Waals surface area contributed by atoms with Gasteiger partial charge >= 0.3 is 0 Å². The largest absolute Gasteiger partial charge is 0.241 e. The maximum absolute atomic E-state index is 9.06. The van der Waals surface area contributed by atoms with Crippen LogP contribution >= 0.6 is 0 Å². The van der Waals surface area contributed by atoms with Crippen LogP contribution in [0.25, 0.3) is 11.3 Å². The van der Waals surface area contributed by atoms with Crippen LogP contribution in [0.4, 0.5) is 0 Å². The van der Waals surface area contributed by atoms with E-state index in [1.807, 2.05) is 45.4 Å². The van der Waals surface area contributed by atoms with Gasteiger partial charge in [-0.2, -0.15) is 0 Å². The predicted octanol–water partition coefficient (Wildman–Crippen LogP) is 4.65. The van der Waals surface area contributed by atoms with Gasteiger partial charge < -0.3 is 0 Å². The fourth-order valence-electron chi connectivity index (χ4n) is 6.73. The number of hydrogen-bond acceptors (Lipinski definition) is 0. The first-order chi connectivity index (χ1) is 26.1. The van der Waals surface area contributed by atoms with Crippen LogP contribution in [0.3, 0.4) is 0 Å². The summed E-state index contributed by atoms with van der Waals surface area (Å²) in [6, 6.07) is 22.7. The predicted molar refractivity (Wildman–Crippen MR) is 189 cm³/mol. The van der Waals surface area contributed by atoms with E-state index in [-0.39, 0.29) is 33.2 Å². The molecular formula is C40H44B2N+. The molecular weight excluding hydrogens is 516 g/mol. The molecule has 4 aromatic carbocycles. The quantitative estimate of drug-likeness (QED) is 0.213. The molecule has 214 valence electrons. The second-order valence-electron chi connectivity index (χ2n) is 12.6. The Labute approximate surface area is 279 Å². The first kappa shape index (κ1) is 16.9. The van der Waals surface area contributed by atoms with Crippen molar-refractivity contribution in [1.29, 1.82) is 0 Å². The van der Waals surface area contributed by atoms with Gasteiger partial charge in [-0.25, -0.2) is 4.57 Å². The van der Waals surface area contributed by atoms with Crippen LogP contribution in [0, 0.1) is 39.7 Å². The third-order valence-corrected chi connectivity index (χ3v) is 8.50. The molecule has 0 bridgehead atoms. The van der Waals surface area contributed by atoms with Crippen molar-refractivity contribution in [3.63, 3.8) is 0 Å². The average Bonchev–Trinajstić information content (AvgIpc) is 3.08. The number of fused-ring (bicyclic) bond motifs is 2. The molecule has 6 rings (SSSR count). The van der Waals surface area contributed by atoms with E-state index in [2.05, 4.69) is 0 Å². The van der Waals surface area contributed by atoms with Crippen LogP contribution in [0.2, 0.25) is 0 Å². The van der Waals surface area contributed by atoms with Gasteiger partial charge in [0.05, 0.1) is 0 Å². The fraction of sp³-hybridized carbons (Fsp3) is 0.275. The standard InChI is InChI=1S/C40H44B2N/c1-26-14-12-15-27(2)37(26)41-33-18-10-11-19-34(33)42(38-28(3)16-13-17-29(38)4)39-30(5)32(20-21-35(39)41)36-24-31(22-23-43(36)9)25-40(6,7)8/h10-24H,25H2,1-9H3/q+1/i1D3,2D3,3D3,4D3,25D2. The van der Waals surface area contributed by atoms with Crippen molar-refractivity contribution in [3.8, 4) is 11.3 Å². The number of hydrogen-bond donors (Lipinski definition) is 0. The molecule has 0 radical (unpaired) electrons. The molecule has 5 aromatic rings. The normalized spacial score (nSPS) is 19.1. The average molecular weight is 575 g/mol. The third-order valence-electron chi connectivity index (χ3n) is 8.50. The van der Waals surface area contributed by atoms with E-state index >= 15 is 0 Å². The molecule has 43 heavy (non-hydrogen) atoms. The topological polar surface area (TPSA) is 3.88 Å². The van der Waals surface area contributed by atoms with Gasteiger partial charge in [-0.3, -0.25) is 0 Å². The molecule has 1 aliphatic rings. The fourth-order valence-corrected chi connectivity index (χ4v) is 6.73. The second-order valence-corrected chi connectivity index (χ2v) is 12.6. The van der Waals surface area contributed by atoms with E-state index in [4.69, 9.17) is 19.2 Å². The van der Waals surface area contributed by atoms with E-state index in [1.165, 1.54) is 36.4 Å². The minimum absolute atomic E-state index is 0.0762. The molecule has 0 spiro atoms. The minimum atomic E-state index is -2.74. The van der Waals surface area contributed by atoms with Gasteiger partial charge in [-0.05, 0) is 63.3 Å². The number of nitrogens with zero attached hydrogens (tertiary/aromatic N) is 1. The maximum atomic E-state index is 9.06. The number of rotatable bonds is 4. The van der Waals surface area contributed by atoms with Crippen molar-refractivity contribution < 1.29 is 23.8 Å². The van der Waals surface area contributed by atoms with Crippen LogP contribution in [0.1, 0.15) is 73.3 Å². The summed E-state index contributed by atoms with van der Waals surface area (Å²) < 4.78 is 123. The summed E-state index contributed by atoms with van der Waals surface area (Å²) in [5.41, 5.74) is 3.18. The van der Waals surface area contributed by atoms with Crippen molar-refractivity contribution in [2.45, 2.75) is 61.5 Å². The zero-order valence-corrected chi connectivity index (χ0v) is 25.3. The summed E-state index contributed by atoms with van der Waals surface area (Å²) in [4.78, 5) is 0. The summed E-state index contributed by atoms with van der Waals surface area (Å²) in [6.07, 6.45) is 0.0250. The van der Waals surface area contributed by atoms with Gasteiger partial charge in [0.25, 0.3) is 0 Å². The summed E-state index contributed by atoms with van der Waals surface area (Å²) in [7, 11) is 1.83. The molecule has 2 heterocycles. The molecule has 0 saturated carbocycles. The first-order valence-corrected chi connectivity index (χ1v) is 14.6. The van der Waals surface area contributed by atoms with Crippen molar-refractivity contribution in [2.24, 2.45) is 12.5 Å². The third kappa shape index (κ3) is 5.18. The van der Waals surface area contributed by atoms with Gasteiger partial charge in [0, 0.05) is 36.9 Å². The molecule has 0 atom stereocenters. The maximum Gasteiger partial charge on any atom is 0.241 e. The van der Waals surface area contributed by atoms with Crippen LogP contribution in [0.15, 0.2) is 91.1 Å². The Hall–Kier alpha value is -3.84. The Kier molecular flexibility index (Phi) is 4.32. The number of benzene rings is 4. The lowest BCUT2D eigenvalue weighted by Crippen LogP contribution is -2.76. The van der Waals surface area contributed by atoms with E-state index in [9.17, 15) is 0 Å². The number of pyridine rings is 1. The number of aromatic nitrogens is 1. The Balaban J connectivity index is 1.84. The minimum Gasteiger partial charge on any atom is -0.201 e. The molecule has 0 unspecified atom stereocenters. The molecule has 0 amide bonds. The molecule has 0 saturated heterocycles. The van der Waals surface area contributed by atoms with Crippen molar-refractivity contribution >= 4 is 46.2 Å². The van der Waals surface area contributed by atoms with Crippen LogP contribution in [0.5, 0.6) is 0 Å². The smallest absolute Gasteiger partial charge is 0.201 e. The SMILES string of the molecule is [2H]C([2H])([2H])c1cccc(C([2H])([2H])[2H])c1B1c2ccccc2B(c2c(C([2H])([2H])[2H])cccc2C([2H])([2H])[2H])c2c1ccc(-c1cc(C([2H])([2H])C(C)(C)C)cc[n+]1C)c2C. The molecule has 0 N–H and O–H groups in total. The zero-order valence-electron chi connectivity index (χ0n) is 39.3. The molecule has 0 fully saturated rings. The summed E-state index contributed by atoms with van der Waals surface area (Å²) in [5, 5.41) is 0. The van der Waals surface area contributed by atoms with Gasteiger partial charge in [0.2, 0.25) is 19.1 Å². The number of aryl methyl sites for hydroxylation is 5. The molecule has 3 heteroatoms. The van der Waals surface area contributed by atoms with E-state index in [1.54, 1.807) is 48.7 Å². The Morgan fingerprint density at radius 1 is 0.674 bits per heavy atom. The summed E-state index contributed by atoms with van der Waals surface area (Å²) in [6.45, 7) is -5.61. The summed E-state index contributed by atoms with van der Waals surface area (Å²) in [5.74, 6) is 0. The molecule has 1 nitrogen and oxygen atoms in total. The Morgan fingerprint density at radius 2 is 1.23 bits per heavy atom. The van der Waals surface area contributed by atoms with Gasteiger partial charge in [-0.1, -0.05) is 143 Å². The van der Waals surface area contributed by atoms with Crippen LogP contribution < -0.4 is 37.3 Å². The van der Waals surface area contributed by atoms with Gasteiger partial charge in [0.1, 0.15) is 7.05 Å². The Morgan fingerprint density at radius 3 is 1.79 bits per heavy atom. The highest BCUT2D eigenvalue weighted by atomic mass is 14.9. The van der Waals surface area contributed by atoms with E-state index < -0.39 is 52.6 Å². The lowest BCUT2D eigenvalue weighted by Gasteiger charge is -2.36.